The number of fused-ring (bicyclic) bond motifs is 3. The van der Waals surface area contributed by atoms with Crippen LogP contribution in [0.4, 0.5) is 5.69 Å². The smallest absolute Gasteiger partial charge is 0.279 e. The summed E-state index contributed by atoms with van der Waals surface area (Å²) >= 11 is 1.47. The molecule has 2 aromatic carbocycles. The van der Waals surface area contributed by atoms with E-state index < -0.39 is 0 Å². The highest BCUT2D eigenvalue weighted by atomic mass is 32.1. The fourth-order valence-electron chi connectivity index (χ4n) is 3.36. The second-order valence-electron chi connectivity index (χ2n) is 6.98. The normalized spacial score (nSPS) is 11.9. The van der Waals surface area contributed by atoms with Gasteiger partial charge >= 0.3 is 0 Å². The number of hydrogen-bond donors (Lipinski definition) is 2. The first-order valence-corrected chi connectivity index (χ1v) is 9.93. The number of amides is 2. The number of nitrogens with zero attached hydrogens (tertiary/aromatic N) is 1. The Hall–Kier alpha value is -3.12. The van der Waals surface area contributed by atoms with Gasteiger partial charge in [-0.25, -0.2) is 0 Å². The van der Waals surface area contributed by atoms with Crippen molar-refractivity contribution in [3.8, 4) is 10.4 Å². The van der Waals surface area contributed by atoms with E-state index in [0.29, 0.717) is 10.4 Å². The average molecular weight is 391 g/mol. The maximum Gasteiger partial charge on any atom is 0.279 e. The summed E-state index contributed by atoms with van der Waals surface area (Å²) in [4.78, 5) is 28.6. The summed E-state index contributed by atoms with van der Waals surface area (Å²) in [6, 6.07) is 17.5. The van der Waals surface area contributed by atoms with Crippen molar-refractivity contribution < 1.29 is 9.59 Å². The molecule has 142 valence electrons. The Bertz CT molecular complexity index is 1060. The molecule has 0 bridgehead atoms. The SMILES string of the molecule is CN(C)c1cccc(C(=O)NNC(=O)c2cc3c(s2)-c2ccccc2CC3)c1. The van der Waals surface area contributed by atoms with Gasteiger partial charge in [-0.15, -0.1) is 11.3 Å². The maximum atomic E-state index is 12.6. The highest BCUT2D eigenvalue weighted by Crippen LogP contribution is 2.39. The van der Waals surface area contributed by atoms with E-state index in [9.17, 15) is 9.59 Å². The molecule has 2 N–H and O–H groups in total. The summed E-state index contributed by atoms with van der Waals surface area (Å²) in [5.41, 5.74) is 10.2. The Morgan fingerprint density at radius 3 is 2.46 bits per heavy atom. The Morgan fingerprint density at radius 1 is 0.893 bits per heavy atom. The van der Waals surface area contributed by atoms with Crippen LogP contribution in [0.25, 0.3) is 10.4 Å². The van der Waals surface area contributed by atoms with E-state index in [2.05, 4.69) is 23.0 Å². The molecule has 2 amide bonds. The van der Waals surface area contributed by atoms with E-state index in [4.69, 9.17) is 0 Å². The fraction of sp³-hybridized carbons (Fsp3) is 0.182. The summed E-state index contributed by atoms with van der Waals surface area (Å²) in [5, 5.41) is 0. The number of rotatable bonds is 3. The number of benzene rings is 2. The fourth-order valence-corrected chi connectivity index (χ4v) is 4.52. The van der Waals surface area contributed by atoms with Gasteiger partial charge < -0.3 is 4.90 Å². The predicted octanol–water partition coefficient (Wildman–Crippen LogP) is 3.65. The van der Waals surface area contributed by atoms with Gasteiger partial charge in [-0.05, 0) is 53.8 Å². The van der Waals surface area contributed by atoms with Crippen LogP contribution >= 0.6 is 11.3 Å². The molecule has 1 heterocycles. The minimum absolute atomic E-state index is 0.297. The molecule has 4 rings (SSSR count). The van der Waals surface area contributed by atoms with Gasteiger partial charge in [0.05, 0.1) is 4.88 Å². The summed E-state index contributed by atoms with van der Waals surface area (Å²) in [5.74, 6) is -0.641. The zero-order valence-electron chi connectivity index (χ0n) is 15.8. The lowest BCUT2D eigenvalue weighted by molar-refractivity contribution is 0.0849. The highest BCUT2D eigenvalue weighted by molar-refractivity contribution is 7.17. The summed E-state index contributed by atoms with van der Waals surface area (Å²) in [6.45, 7) is 0. The molecule has 0 atom stereocenters. The molecule has 1 aliphatic carbocycles. The molecule has 0 fully saturated rings. The second kappa shape index (κ2) is 7.48. The third-order valence-corrected chi connectivity index (χ3v) is 6.08. The highest BCUT2D eigenvalue weighted by Gasteiger charge is 2.21. The number of aryl methyl sites for hydroxylation is 2. The van der Waals surface area contributed by atoms with Gasteiger partial charge in [-0.2, -0.15) is 0 Å². The van der Waals surface area contributed by atoms with Gasteiger partial charge in [0, 0.05) is 30.2 Å². The topological polar surface area (TPSA) is 61.4 Å². The van der Waals surface area contributed by atoms with Crippen molar-refractivity contribution in [2.75, 3.05) is 19.0 Å². The number of thiophene rings is 1. The van der Waals surface area contributed by atoms with E-state index in [1.807, 2.05) is 49.3 Å². The lowest BCUT2D eigenvalue weighted by Gasteiger charge is -2.15. The maximum absolute atomic E-state index is 12.6. The van der Waals surface area contributed by atoms with Crippen molar-refractivity contribution in [1.82, 2.24) is 10.9 Å². The quantitative estimate of drug-likeness (QED) is 0.670. The molecule has 0 saturated carbocycles. The number of hydrogen-bond acceptors (Lipinski definition) is 4. The van der Waals surface area contributed by atoms with Crippen molar-refractivity contribution in [3.05, 3.63) is 76.2 Å². The zero-order chi connectivity index (χ0) is 19.7. The van der Waals surface area contributed by atoms with Crippen LogP contribution in [0.1, 0.15) is 31.2 Å². The van der Waals surface area contributed by atoms with E-state index in [1.54, 1.807) is 12.1 Å². The molecule has 28 heavy (non-hydrogen) atoms. The number of anilines is 1. The van der Waals surface area contributed by atoms with Crippen LogP contribution in [-0.4, -0.2) is 25.9 Å². The molecule has 5 nitrogen and oxygen atoms in total. The van der Waals surface area contributed by atoms with Crippen molar-refractivity contribution in [1.29, 1.82) is 0 Å². The van der Waals surface area contributed by atoms with Crippen LogP contribution in [0.3, 0.4) is 0 Å². The van der Waals surface area contributed by atoms with Crippen LogP contribution in [0, 0.1) is 0 Å². The largest absolute Gasteiger partial charge is 0.378 e. The van der Waals surface area contributed by atoms with Crippen LogP contribution < -0.4 is 15.8 Å². The number of carbonyl (C=O) groups is 2. The molecule has 0 spiro atoms. The lowest BCUT2D eigenvalue weighted by Crippen LogP contribution is -2.41. The monoisotopic (exact) mass is 391 g/mol. The Kier molecular flexibility index (Phi) is 4.88. The Morgan fingerprint density at radius 2 is 1.64 bits per heavy atom. The van der Waals surface area contributed by atoms with Crippen LogP contribution in [0.15, 0.2) is 54.6 Å². The van der Waals surface area contributed by atoms with E-state index in [0.717, 1.165) is 23.4 Å². The minimum Gasteiger partial charge on any atom is -0.378 e. The summed E-state index contributed by atoms with van der Waals surface area (Å²) in [7, 11) is 3.82. The van der Waals surface area contributed by atoms with E-state index in [1.165, 1.54) is 28.0 Å². The number of hydrazine groups is 1. The Labute approximate surface area is 168 Å². The first kappa shape index (κ1) is 18.3. The lowest BCUT2D eigenvalue weighted by atomic mass is 9.91. The van der Waals surface area contributed by atoms with Gasteiger partial charge in [-0.1, -0.05) is 30.3 Å². The second-order valence-corrected chi connectivity index (χ2v) is 8.03. The van der Waals surface area contributed by atoms with Gasteiger partial charge in [0.2, 0.25) is 0 Å². The van der Waals surface area contributed by atoms with Crippen LogP contribution in [0.5, 0.6) is 0 Å². The van der Waals surface area contributed by atoms with E-state index >= 15 is 0 Å². The first-order chi connectivity index (χ1) is 13.5. The molecule has 0 saturated heterocycles. The van der Waals surface area contributed by atoms with Gasteiger partial charge in [0.1, 0.15) is 0 Å². The molecule has 3 aromatic rings. The molecule has 6 heteroatoms. The Balaban J connectivity index is 1.46. The van der Waals surface area contributed by atoms with Crippen LogP contribution in [-0.2, 0) is 12.8 Å². The van der Waals surface area contributed by atoms with Gasteiger partial charge in [-0.3, -0.25) is 20.4 Å². The van der Waals surface area contributed by atoms with Crippen molar-refractivity contribution in [3.63, 3.8) is 0 Å². The average Bonchev–Trinajstić information content (AvgIpc) is 3.17. The molecule has 1 aromatic heterocycles. The number of nitrogens with one attached hydrogen (secondary N) is 2. The van der Waals surface area contributed by atoms with Crippen molar-refractivity contribution in [2.45, 2.75) is 12.8 Å². The first-order valence-electron chi connectivity index (χ1n) is 9.12. The summed E-state index contributed by atoms with van der Waals surface area (Å²) in [6.07, 6.45) is 1.92. The molecule has 1 aliphatic rings. The molecule has 0 radical (unpaired) electrons. The molecule has 0 aliphatic heterocycles. The zero-order valence-corrected chi connectivity index (χ0v) is 16.6. The number of carbonyl (C=O) groups excluding carboxylic acids is 2. The summed E-state index contributed by atoms with van der Waals surface area (Å²) < 4.78 is 0. The minimum atomic E-state index is -0.344. The van der Waals surface area contributed by atoms with Gasteiger partial charge in [0.15, 0.2) is 0 Å². The van der Waals surface area contributed by atoms with Crippen molar-refractivity contribution >= 4 is 28.8 Å². The van der Waals surface area contributed by atoms with E-state index in [-0.39, 0.29) is 11.8 Å². The predicted molar refractivity (Wildman–Crippen MR) is 113 cm³/mol. The van der Waals surface area contributed by atoms with Crippen molar-refractivity contribution in [2.24, 2.45) is 0 Å². The van der Waals surface area contributed by atoms with Crippen LogP contribution in [0.2, 0.25) is 0 Å². The molecule has 0 unspecified atom stereocenters. The third-order valence-electron chi connectivity index (χ3n) is 4.87. The molecular formula is C22H21N3O2S. The molecular weight excluding hydrogens is 370 g/mol. The third kappa shape index (κ3) is 3.51. The standard InChI is InChI=1S/C22H21N3O2S/c1-25(2)17-8-5-7-16(12-17)21(26)23-24-22(27)19-13-15-11-10-14-6-3-4-9-18(14)20(15)28-19/h3-9,12-13H,10-11H2,1-2H3,(H,23,26)(H,24,27). The van der Waals surface area contributed by atoms with Gasteiger partial charge in [0.25, 0.3) is 11.8 Å².